The summed E-state index contributed by atoms with van der Waals surface area (Å²) in [6, 6.07) is 0. The van der Waals surface area contributed by atoms with Gasteiger partial charge in [0.2, 0.25) is 0 Å². The van der Waals surface area contributed by atoms with Gasteiger partial charge in [0.15, 0.2) is 0 Å². The van der Waals surface area contributed by atoms with E-state index in [2.05, 4.69) is 0 Å². The molecule has 0 aromatic carbocycles. The molecule has 0 saturated carbocycles. The normalized spacial score (nSPS) is 9.75. The first kappa shape index (κ1) is 18.2. The van der Waals surface area contributed by atoms with Crippen LogP contribution in [0.3, 0.4) is 0 Å². The number of nitrogens with two attached hydrogens (primary N) is 4. The molecule has 0 aliphatic heterocycles. The lowest BCUT2D eigenvalue weighted by molar-refractivity contribution is 0.653. The molecule has 0 atom stereocenters. The second-order valence-corrected chi connectivity index (χ2v) is 3.98. The standard InChI is InChI=1S/2C6H16N2/c2*7-5-3-1-2-4-6-8/h2*1-8H2. The van der Waals surface area contributed by atoms with Gasteiger partial charge in [-0.3, -0.25) is 0 Å². The first-order valence-corrected chi connectivity index (χ1v) is 6.63. The molecule has 0 unspecified atom stereocenters. The van der Waals surface area contributed by atoms with E-state index in [0.717, 1.165) is 51.9 Å². The van der Waals surface area contributed by atoms with E-state index >= 15 is 0 Å². The van der Waals surface area contributed by atoms with E-state index in [4.69, 9.17) is 22.9 Å². The molecule has 0 bridgehead atoms. The third-order valence-electron chi connectivity index (χ3n) is 2.32. The van der Waals surface area contributed by atoms with E-state index in [-0.39, 0.29) is 0 Å². The lowest BCUT2D eigenvalue weighted by Crippen LogP contribution is -2.00. The molecule has 0 aromatic heterocycles. The van der Waals surface area contributed by atoms with Gasteiger partial charge in [-0.2, -0.15) is 0 Å². The van der Waals surface area contributed by atoms with Crippen LogP contribution in [0, 0.1) is 0 Å². The van der Waals surface area contributed by atoms with Crippen molar-refractivity contribution in [2.75, 3.05) is 26.2 Å². The SMILES string of the molecule is NCCCCCCN.NCCCCCCN. The second-order valence-electron chi connectivity index (χ2n) is 3.98. The van der Waals surface area contributed by atoms with Gasteiger partial charge in [0.25, 0.3) is 0 Å². The first-order chi connectivity index (χ1) is 7.83. The molecule has 4 nitrogen and oxygen atoms in total. The zero-order valence-corrected chi connectivity index (χ0v) is 10.8. The summed E-state index contributed by atoms with van der Waals surface area (Å²) < 4.78 is 0. The number of hydrogen-bond acceptors (Lipinski definition) is 4. The molecule has 0 saturated heterocycles. The Labute approximate surface area is 101 Å². The molecule has 0 spiro atoms. The van der Waals surface area contributed by atoms with Crippen LogP contribution in [-0.4, -0.2) is 26.2 Å². The average molecular weight is 232 g/mol. The Hall–Kier alpha value is -0.160. The van der Waals surface area contributed by atoms with Gasteiger partial charge in [-0.15, -0.1) is 0 Å². The van der Waals surface area contributed by atoms with Gasteiger partial charge in [0.05, 0.1) is 0 Å². The van der Waals surface area contributed by atoms with Crippen LogP contribution in [0.4, 0.5) is 0 Å². The fraction of sp³-hybridized carbons (Fsp3) is 1.00. The predicted octanol–water partition coefficient (Wildman–Crippen LogP) is 0.928. The van der Waals surface area contributed by atoms with Crippen LogP contribution in [0.5, 0.6) is 0 Å². The molecular weight excluding hydrogens is 200 g/mol. The fourth-order valence-corrected chi connectivity index (χ4v) is 1.28. The molecule has 0 rings (SSSR count). The quantitative estimate of drug-likeness (QED) is 0.421. The van der Waals surface area contributed by atoms with Crippen LogP contribution in [0.25, 0.3) is 0 Å². The van der Waals surface area contributed by atoms with E-state index in [1.54, 1.807) is 0 Å². The van der Waals surface area contributed by atoms with Gasteiger partial charge in [-0.25, -0.2) is 0 Å². The van der Waals surface area contributed by atoms with E-state index in [0.29, 0.717) is 0 Å². The van der Waals surface area contributed by atoms with E-state index in [1.165, 1.54) is 25.7 Å². The molecular formula is C12H32N4. The van der Waals surface area contributed by atoms with E-state index in [9.17, 15) is 0 Å². The van der Waals surface area contributed by atoms with Crippen LogP contribution in [0.2, 0.25) is 0 Å². The molecule has 0 radical (unpaired) electrons. The Bertz CT molecular complexity index is 75.0. The highest BCUT2D eigenvalue weighted by Crippen LogP contribution is 1.95. The molecule has 0 aliphatic rings. The van der Waals surface area contributed by atoms with Gasteiger partial charge in [-0.05, 0) is 51.9 Å². The van der Waals surface area contributed by atoms with Gasteiger partial charge < -0.3 is 22.9 Å². The predicted molar refractivity (Wildman–Crippen MR) is 73.2 cm³/mol. The van der Waals surface area contributed by atoms with Gasteiger partial charge in [0, 0.05) is 0 Å². The molecule has 0 amide bonds. The monoisotopic (exact) mass is 232 g/mol. The molecule has 0 heterocycles. The van der Waals surface area contributed by atoms with Crippen LogP contribution < -0.4 is 22.9 Å². The molecule has 4 heteroatoms. The maximum absolute atomic E-state index is 5.28. The maximum Gasteiger partial charge on any atom is -0.00773 e. The summed E-state index contributed by atoms with van der Waals surface area (Å²) in [6.45, 7) is 3.30. The second kappa shape index (κ2) is 20.3. The number of unbranched alkanes of at least 4 members (excludes halogenated alkanes) is 6. The molecule has 16 heavy (non-hydrogen) atoms. The smallest absolute Gasteiger partial charge is 0.00773 e. The fourth-order valence-electron chi connectivity index (χ4n) is 1.28. The molecule has 8 N–H and O–H groups in total. The number of hydrogen-bond donors (Lipinski definition) is 4. The van der Waals surface area contributed by atoms with Crippen molar-refractivity contribution in [2.45, 2.75) is 51.4 Å². The van der Waals surface area contributed by atoms with Crippen molar-refractivity contribution in [1.29, 1.82) is 0 Å². The van der Waals surface area contributed by atoms with Gasteiger partial charge >= 0.3 is 0 Å². The van der Waals surface area contributed by atoms with Crippen molar-refractivity contribution in [3.05, 3.63) is 0 Å². The summed E-state index contributed by atoms with van der Waals surface area (Å²) in [7, 11) is 0. The Morgan fingerprint density at radius 3 is 0.625 bits per heavy atom. The molecule has 100 valence electrons. The number of rotatable bonds is 10. The van der Waals surface area contributed by atoms with Crippen molar-refractivity contribution in [1.82, 2.24) is 0 Å². The Kier molecular flexibility index (Phi) is 23.1. The Morgan fingerprint density at radius 1 is 0.312 bits per heavy atom. The highest BCUT2D eigenvalue weighted by molar-refractivity contribution is 4.43. The maximum atomic E-state index is 5.28. The highest BCUT2D eigenvalue weighted by atomic mass is 14.5. The summed E-state index contributed by atoms with van der Waals surface area (Å²) in [5.41, 5.74) is 21.1. The summed E-state index contributed by atoms with van der Waals surface area (Å²) in [5, 5.41) is 0. The van der Waals surface area contributed by atoms with Crippen molar-refractivity contribution >= 4 is 0 Å². The molecule has 0 aromatic rings. The summed E-state index contributed by atoms with van der Waals surface area (Å²) in [4.78, 5) is 0. The van der Waals surface area contributed by atoms with Crippen molar-refractivity contribution in [2.24, 2.45) is 22.9 Å². The van der Waals surface area contributed by atoms with Crippen LogP contribution in [-0.2, 0) is 0 Å². The molecule has 0 fully saturated rings. The van der Waals surface area contributed by atoms with Crippen LogP contribution >= 0.6 is 0 Å². The largest absolute Gasteiger partial charge is 0.330 e. The molecule has 0 aliphatic carbocycles. The topological polar surface area (TPSA) is 104 Å². The van der Waals surface area contributed by atoms with Crippen LogP contribution in [0.1, 0.15) is 51.4 Å². The Morgan fingerprint density at radius 2 is 0.500 bits per heavy atom. The minimum Gasteiger partial charge on any atom is -0.330 e. The van der Waals surface area contributed by atoms with Crippen molar-refractivity contribution < 1.29 is 0 Å². The van der Waals surface area contributed by atoms with E-state index < -0.39 is 0 Å². The Balaban J connectivity index is 0. The zero-order chi connectivity index (χ0) is 12.5. The summed E-state index contributed by atoms with van der Waals surface area (Å²) >= 11 is 0. The highest BCUT2D eigenvalue weighted by Gasteiger charge is 1.84. The lowest BCUT2D eigenvalue weighted by Gasteiger charge is -1.94. The van der Waals surface area contributed by atoms with Gasteiger partial charge in [-0.1, -0.05) is 25.7 Å². The third-order valence-corrected chi connectivity index (χ3v) is 2.32. The summed E-state index contributed by atoms with van der Waals surface area (Å²) in [5.74, 6) is 0. The summed E-state index contributed by atoms with van der Waals surface area (Å²) in [6.07, 6.45) is 9.59. The first-order valence-electron chi connectivity index (χ1n) is 6.63. The third kappa shape index (κ3) is 23.6. The lowest BCUT2D eigenvalue weighted by atomic mass is 10.2. The zero-order valence-electron chi connectivity index (χ0n) is 10.8. The minimum atomic E-state index is 0.824. The minimum absolute atomic E-state index is 0.824. The van der Waals surface area contributed by atoms with E-state index in [1.807, 2.05) is 0 Å². The van der Waals surface area contributed by atoms with Crippen molar-refractivity contribution in [3.8, 4) is 0 Å². The van der Waals surface area contributed by atoms with Crippen molar-refractivity contribution in [3.63, 3.8) is 0 Å². The van der Waals surface area contributed by atoms with Gasteiger partial charge in [0.1, 0.15) is 0 Å². The van der Waals surface area contributed by atoms with Crippen LogP contribution in [0.15, 0.2) is 0 Å². The average Bonchev–Trinajstić information content (AvgIpc) is 2.31.